The van der Waals surface area contributed by atoms with E-state index in [-0.39, 0.29) is 0 Å². The lowest BCUT2D eigenvalue weighted by molar-refractivity contribution is -0.185. The summed E-state index contributed by atoms with van der Waals surface area (Å²) in [4.78, 5) is 0. The van der Waals surface area contributed by atoms with Crippen LogP contribution in [0.25, 0.3) is 0 Å². The highest BCUT2D eigenvalue weighted by Gasteiger charge is 2.38. The molecule has 0 spiro atoms. The van der Waals surface area contributed by atoms with Crippen molar-refractivity contribution in [2.24, 2.45) is 0 Å². The molecule has 4 nitrogen and oxygen atoms in total. The molecule has 0 aromatic carbocycles. The van der Waals surface area contributed by atoms with E-state index in [4.69, 9.17) is 20.7 Å². The van der Waals surface area contributed by atoms with E-state index in [0.717, 1.165) is 0 Å². The van der Waals surface area contributed by atoms with Gasteiger partial charge in [-0.25, -0.2) is 0 Å². The summed E-state index contributed by atoms with van der Waals surface area (Å²) in [5.74, 6) is 0. The van der Waals surface area contributed by atoms with Crippen LogP contribution in [0, 0.1) is 22.7 Å². The molecule has 0 aliphatic heterocycles. The van der Waals surface area contributed by atoms with Gasteiger partial charge in [-0.2, -0.15) is 36.9 Å². The Morgan fingerprint density at radius 1 is 0.750 bits per heavy atom. The van der Waals surface area contributed by atoms with Gasteiger partial charge in [-0.05, 0) is 0 Å². The van der Waals surface area contributed by atoms with Gasteiger partial charge in [0.2, 0.25) is 12.2 Å². The summed E-state index contributed by atoms with van der Waals surface area (Å²) >= 11 is 0. The van der Waals surface area contributed by atoms with E-state index in [1.165, 1.54) is 0 Å². The number of hydrogen-bond donors (Lipinski definition) is 2. The number of aliphatic hydroxyl groups is 2. The van der Waals surface area contributed by atoms with Crippen LogP contribution in [0.3, 0.4) is 0 Å². The van der Waals surface area contributed by atoms with Crippen LogP contribution in [-0.2, 0) is 0 Å². The van der Waals surface area contributed by atoms with Gasteiger partial charge in [0.25, 0.3) is 0 Å². The maximum atomic E-state index is 11.0. The smallest absolute Gasteiger partial charge is 0.371 e. The minimum absolute atomic E-state index is 0.635. The summed E-state index contributed by atoms with van der Waals surface area (Å²) in [5.41, 5.74) is 0. The Bertz CT molecular complexity index is 255. The van der Waals surface area contributed by atoms with Crippen LogP contribution in [0.4, 0.5) is 26.3 Å². The van der Waals surface area contributed by atoms with E-state index < -0.39 is 24.6 Å². The van der Waals surface area contributed by atoms with Crippen molar-refractivity contribution < 1.29 is 36.6 Å². The van der Waals surface area contributed by atoms with Gasteiger partial charge in [0.05, 0.1) is 0 Å². The standard InChI is InChI=1S/2C3H2F3NO/c2*4-3(5,6)2(8)1-7/h2*2,8H. The van der Waals surface area contributed by atoms with Gasteiger partial charge >= 0.3 is 12.4 Å². The molecular formula is C6H4F6N2O2. The lowest BCUT2D eigenvalue weighted by Crippen LogP contribution is -2.26. The summed E-state index contributed by atoms with van der Waals surface area (Å²) in [7, 11) is 0. The minimum atomic E-state index is -4.80. The highest BCUT2D eigenvalue weighted by atomic mass is 19.4. The third-order valence-electron chi connectivity index (χ3n) is 0.865. The van der Waals surface area contributed by atoms with Crippen molar-refractivity contribution in [3.8, 4) is 12.1 Å². The highest BCUT2D eigenvalue weighted by Crippen LogP contribution is 2.19. The predicted octanol–water partition coefficient (Wildman–Crippen LogP) is 0.866. The highest BCUT2D eigenvalue weighted by molar-refractivity contribution is 4.88. The normalized spacial score (nSPS) is 14.9. The van der Waals surface area contributed by atoms with Crippen LogP contribution in [0.15, 0.2) is 0 Å². The van der Waals surface area contributed by atoms with E-state index in [1.807, 2.05) is 0 Å². The summed E-state index contributed by atoms with van der Waals surface area (Å²) in [6.45, 7) is 0. The molecule has 16 heavy (non-hydrogen) atoms. The molecule has 10 heteroatoms. The lowest BCUT2D eigenvalue weighted by Gasteiger charge is -2.04. The van der Waals surface area contributed by atoms with Crippen LogP contribution >= 0.6 is 0 Å². The molecule has 0 aliphatic carbocycles. The molecule has 0 aromatic heterocycles. The Hall–Kier alpha value is -1.52. The van der Waals surface area contributed by atoms with E-state index >= 15 is 0 Å². The minimum Gasteiger partial charge on any atom is -0.371 e. The zero-order chi connectivity index (χ0) is 13.6. The van der Waals surface area contributed by atoms with Crippen LogP contribution in [0.5, 0.6) is 0 Å². The average molecular weight is 250 g/mol. The fourth-order valence-corrected chi connectivity index (χ4v) is 0.146. The molecule has 2 atom stereocenters. The van der Waals surface area contributed by atoms with Crippen molar-refractivity contribution in [3.63, 3.8) is 0 Å². The summed E-state index contributed by atoms with van der Waals surface area (Å²) in [5, 5.41) is 30.3. The maximum Gasteiger partial charge on any atom is 0.427 e. The second-order valence-corrected chi connectivity index (χ2v) is 2.15. The summed E-state index contributed by atoms with van der Waals surface area (Å²) in [6.07, 6.45) is -15.3. The number of halogens is 6. The lowest BCUT2D eigenvalue weighted by atomic mass is 10.4. The average Bonchev–Trinajstić information content (AvgIpc) is 2.13. The zero-order valence-electron chi connectivity index (χ0n) is 7.21. The number of alkyl halides is 6. The van der Waals surface area contributed by atoms with Crippen LogP contribution in [-0.4, -0.2) is 34.8 Å². The first-order valence-corrected chi connectivity index (χ1v) is 3.25. The Morgan fingerprint density at radius 3 is 0.938 bits per heavy atom. The van der Waals surface area contributed by atoms with E-state index in [9.17, 15) is 26.3 Å². The van der Waals surface area contributed by atoms with Crippen molar-refractivity contribution in [3.05, 3.63) is 0 Å². The van der Waals surface area contributed by atoms with Crippen LogP contribution < -0.4 is 0 Å². The van der Waals surface area contributed by atoms with Gasteiger partial charge in [0.15, 0.2) is 0 Å². The van der Waals surface area contributed by atoms with Gasteiger partial charge in [-0.3, -0.25) is 0 Å². The number of hydrogen-bond acceptors (Lipinski definition) is 4. The van der Waals surface area contributed by atoms with Gasteiger partial charge in [0.1, 0.15) is 12.1 Å². The fraction of sp³-hybridized carbons (Fsp3) is 0.667. The van der Waals surface area contributed by atoms with E-state index in [2.05, 4.69) is 0 Å². The Morgan fingerprint density at radius 2 is 0.938 bits per heavy atom. The first-order valence-electron chi connectivity index (χ1n) is 3.25. The largest absolute Gasteiger partial charge is 0.427 e. The van der Waals surface area contributed by atoms with Crippen molar-refractivity contribution in [1.82, 2.24) is 0 Å². The molecule has 0 rings (SSSR count). The molecule has 2 unspecified atom stereocenters. The van der Waals surface area contributed by atoms with Gasteiger partial charge in [0, 0.05) is 0 Å². The third kappa shape index (κ3) is 7.84. The van der Waals surface area contributed by atoms with E-state index in [1.54, 1.807) is 0 Å². The molecule has 0 aromatic rings. The fourth-order valence-electron chi connectivity index (χ4n) is 0.146. The number of aliphatic hydroxyl groups excluding tert-OH is 2. The molecule has 0 heterocycles. The Labute approximate surface area is 84.9 Å². The quantitative estimate of drug-likeness (QED) is 0.493. The SMILES string of the molecule is N#CC(O)C(F)(F)F.N#CC(O)C(F)(F)F. The zero-order valence-corrected chi connectivity index (χ0v) is 7.21. The third-order valence-corrected chi connectivity index (χ3v) is 0.865. The molecule has 0 fully saturated rings. The maximum absolute atomic E-state index is 11.0. The molecule has 0 radical (unpaired) electrons. The molecule has 0 saturated heterocycles. The number of rotatable bonds is 0. The molecule has 92 valence electrons. The monoisotopic (exact) mass is 250 g/mol. The number of nitriles is 2. The van der Waals surface area contributed by atoms with Crippen LogP contribution in [0.1, 0.15) is 0 Å². The molecule has 0 amide bonds. The van der Waals surface area contributed by atoms with Gasteiger partial charge in [-0.1, -0.05) is 0 Å². The molecule has 0 aliphatic rings. The molecule has 2 N–H and O–H groups in total. The van der Waals surface area contributed by atoms with Gasteiger partial charge in [-0.15, -0.1) is 0 Å². The Kier molecular flexibility index (Phi) is 6.49. The van der Waals surface area contributed by atoms with Gasteiger partial charge < -0.3 is 10.2 Å². The first kappa shape index (κ1) is 16.9. The molecule has 0 saturated carbocycles. The summed E-state index contributed by atoms with van der Waals surface area (Å²) in [6, 6.07) is 1.27. The predicted molar refractivity (Wildman–Crippen MR) is 35.3 cm³/mol. The molecular weight excluding hydrogens is 246 g/mol. The van der Waals surface area contributed by atoms with Crippen molar-refractivity contribution >= 4 is 0 Å². The van der Waals surface area contributed by atoms with E-state index in [0.29, 0.717) is 12.1 Å². The van der Waals surface area contributed by atoms with Crippen LogP contribution in [0.2, 0.25) is 0 Å². The van der Waals surface area contributed by atoms with Crippen molar-refractivity contribution in [2.45, 2.75) is 24.6 Å². The second kappa shape index (κ2) is 6.15. The summed E-state index contributed by atoms with van der Waals surface area (Å²) < 4.78 is 65.9. The second-order valence-electron chi connectivity index (χ2n) is 2.15. The Balaban J connectivity index is 0. The van der Waals surface area contributed by atoms with Crippen molar-refractivity contribution in [2.75, 3.05) is 0 Å². The number of nitrogens with zero attached hydrogens (tertiary/aromatic N) is 2. The van der Waals surface area contributed by atoms with Crippen molar-refractivity contribution in [1.29, 1.82) is 10.5 Å². The first-order chi connectivity index (χ1) is 6.96. The topological polar surface area (TPSA) is 88.0 Å². The molecule has 0 bridgehead atoms.